The Balaban J connectivity index is 1.31. The van der Waals surface area contributed by atoms with Crippen molar-refractivity contribution in [3.8, 4) is 11.3 Å². The third-order valence-electron chi connectivity index (χ3n) is 5.95. The predicted molar refractivity (Wildman–Crippen MR) is 129 cm³/mol. The van der Waals surface area contributed by atoms with Crippen LogP contribution in [0.5, 0.6) is 0 Å². The molecule has 0 saturated carbocycles. The molecule has 0 radical (unpaired) electrons. The van der Waals surface area contributed by atoms with E-state index >= 15 is 0 Å². The Labute approximate surface area is 196 Å². The maximum Gasteiger partial charge on any atom is 0.320 e. The number of likely N-dealkylation sites (N-methyl/N-ethyl adjacent to an activating group) is 1. The van der Waals surface area contributed by atoms with Crippen molar-refractivity contribution in [3.63, 3.8) is 0 Å². The van der Waals surface area contributed by atoms with Gasteiger partial charge in [-0.3, -0.25) is 15.4 Å². The number of nitrogens with one attached hydrogen (secondary N) is 3. The second-order valence-corrected chi connectivity index (χ2v) is 8.90. The minimum absolute atomic E-state index is 0.0362. The van der Waals surface area contributed by atoms with E-state index in [-0.39, 0.29) is 18.0 Å². The number of halogens is 1. The van der Waals surface area contributed by atoms with E-state index in [0.717, 1.165) is 46.5 Å². The first kappa shape index (κ1) is 21.4. The third-order valence-corrected chi connectivity index (χ3v) is 6.19. The largest absolute Gasteiger partial charge is 0.333 e. The van der Waals surface area contributed by atoms with Gasteiger partial charge in [0, 0.05) is 59.1 Å². The maximum atomic E-state index is 12.8. The van der Waals surface area contributed by atoms with Crippen molar-refractivity contribution in [1.82, 2.24) is 30.4 Å². The van der Waals surface area contributed by atoms with Crippen LogP contribution in [0, 0.1) is 6.92 Å². The van der Waals surface area contributed by atoms with Crippen LogP contribution in [0.3, 0.4) is 0 Å². The first-order valence-corrected chi connectivity index (χ1v) is 11.1. The number of benzene rings is 1. The molecule has 0 spiro atoms. The minimum atomic E-state index is -0.293. The fraction of sp³-hybridized carbons (Fsp3) is 0.250. The minimum Gasteiger partial charge on any atom is -0.333 e. The Bertz CT molecular complexity index is 1320. The number of carbonyl (C=O) groups excluding carboxylic acids is 1. The van der Waals surface area contributed by atoms with E-state index in [1.165, 1.54) is 0 Å². The molecular formula is C24H24ClN7O. The van der Waals surface area contributed by atoms with Crippen LogP contribution >= 0.6 is 11.6 Å². The molecule has 4 heterocycles. The zero-order valence-corrected chi connectivity index (χ0v) is 19.1. The molecule has 0 unspecified atom stereocenters. The van der Waals surface area contributed by atoms with E-state index < -0.39 is 0 Å². The molecule has 33 heavy (non-hydrogen) atoms. The van der Waals surface area contributed by atoms with Crippen molar-refractivity contribution in [2.24, 2.45) is 0 Å². The standard InChI is InChI=1S/C24H24ClN7O/c1-14-8-16(6-7-26-14)23-18-11-27-22(10-20(18)30-31-23)29-24(33)28-21-13-32(2)12-19(21)15-4-3-5-17(25)9-15/h3-11,19,21H,12-13H2,1-2H3,(H,30,31)(H2,27,28,29,33)/t19-,21+/m0/s1. The highest BCUT2D eigenvalue weighted by molar-refractivity contribution is 6.30. The number of rotatable bonds is 4. The fourth-order valence-electron chi connectivity index (χ4n) is 4.44. The van der Waals surface area contributed by atoms with Crippen LogP contribution in [0.15, 0.2) is 54.9 Å². The zero-order chi connectivity index (χ0) is 22.9. The number of anilines is 1. The number of fused-ring (bicyclic) bond motifs is 1. The number of amides is 2. The fourth-order valence-corrected chi connectivity index (χ4v) is 4.64. The van der Waals surface area contributed by atoms with Crippen LogP contribution in [-0.4, -0.2) is 57.3 Å². The summed E-state index contributed by atoms with van der Waals surface area (Å²) in [6, 6.07) is 13.2. The number of aromatic amines is 1. The summed E-state index contributed by atoms with van der Waals surface area (Å²) in [6.07, 6.45) is 3.48. The lowest BCUT2D eigenvalue weighted by Gasteiger charge is -2.20. The van der Waals surface area contributed by atoms with Gasteiger partial charge in [0.1, 0.15) is 11.5 Å². The lowest BCUT2D eigenvalue weighted by molar-refractivity contribution is 0.247. The van der Waals surface area contributed by atoms with Crippen LogP contribution in [0.4, 0.5) is 10.6 Å². The Hall–Kier alpha value is -3.49. The number of carbonyl (C=O) groups is 1. The van der Waals surface area contributed by atoms with Crippen molar-refractivity contribution >= 4 is 34.4 Å². The van der Waals surface area contributed by atoms with Crippen LogP contribution < -0.4 is 10.6 Å². The molecule has 8 nitrogen and oxygen atoms in total. The van der Waals surface area contributed by atoms with Crippen molar-refractivity contribution in [1.29, 1.82) is 0 Å². The van der Waals surface area contributed by atoms with Gasteiger partial charge in [0.25, 0.3) is 0 Å². The highest BCUT2D eigenvalue weighted by Gasteiger charge is 2.33. The average Bonchev–Trinajstić information content (AvgIpc) is 3.36. The number of H-pyrrole nitrogens is 1. The van der Waals surface area contributed by atoms with Gasteiger partial charge < -0.3 is 10.2 Å². The highest BCUT2D eigenvalue weighted by Crippen LogP contribution is 2.29. The lowest BCUT2D eigenvalue weighted by Crippen LogP contribution is -2.42. The highest BCUT2D eigenvalue weighted by atomic mass is 35.5. The molecule has 1 saturated heterocycles. The number of likely N-dealkylation sites (tertiary alicyclic amines) is 1. The molecule has 4 aromatic rings. The molecule has 168 valence electrons. The van der Waals surface area contributed by atoms with E-state index in [0.29, 0.717) is 10.8 Å². The molecule has 1 aromatic carbocycles. The van der Waals surface area contributed by atoms with Gasteiger partial charge in [-0.05, 0) is 43.8 Å². The van der Waals surface area contributed by atoms with E-state index in [1.54, 1.807) is 18.5 Å². The third kappa shape index (κ3) is 4.53. The Morgan fingerprint density at radius 1 is 1.18 bits per heavy atom. The van der Waals surface area contributed by atoms with Crippen molar-refractivity contribution in [2.75, 3.05) is 25.5 Å². The number of urea groups is 1. The average molecular weight is 462 g/mol. The summed E-state index contributed by atoms with van der Waals surface area (Å²) < 4.78 is 0. The monoisotopic (exact) mass is 461 g/mol. The van der Waals surface area contributed by atoms with Crippen LogP contribution in [0.25, 0.3) is 22.2 Å². The Morgan fingerprint density at radius 3 is 2.88 bits per heavy atom. The van der Waals surface area contributed by atoms with Gasteiger partial charge in [-0.2, -0.15) is 5.10 Å². The van der Waals surface area contributed by atoms with Gasteiger partial charge in [0.2, 0.25) is 0 Å². The first-order valence-electron chi connectivity index (χ1n) is 10.7. The smallest absolute Gasteiger partial charge is 0.320 e. The van der Waals surface area contributed by atoms with Crippen molar-refractivity contribution < 1.29 is 4.79 Å². The summed E-state index contributed by atoms with van der Waals surface area (Å²) in [5.41, 5.74) is 4.60. The van der Waals surface area contributed by atoms with Crippen molar-refractivity contribution in [2.45, 2.75) is 18.9 Å². The number of aromatic nitrogens is 4. The molecule has 3 aromatic heterocycles. The molecule has 2 atom stereocenters. The zero-order valence-electron chi connectivity index (χ0n) is 18.3. The lowest BCUT2D eigenvalue weighted by atomic mass is 9.94. The van der Waals surface area contributed by atoms with E-state index in [2.05, 4.69) is 41.8 Å². The Morgan fingerprint density at radius 2 is 2.06 bits per heavy atom. The summed E-state index contributed by atoms with van der Waals surface area (Å²) in [5, 5.41) is 15.0. The van der Waals surface area contributed by atoms with Crippen LogP contribution in [-0.2, 0) is 0 Å². The quantitative estimate of drug-likeness (QED) is 0.423. The van der Waals surface area contributed by atoms with E-state index in [9.17, 15) is 4.79 Å². The maximum absolute atomic E-state index is 12.8. The summed E-state index contributed by atoms with van der Waals surface area (Å²) in [6.45, 7) is 3.55. The number of aryl methyl sites for hydroxylation is 1. The molecule has 2 amide bonds. The summed E-state index contributed by atoms with van der Waals surface area (Å²) in [7, 11) is 2.05. The molecular weight excluding hydrogens is 438 g/mol. The molecule has 1 fully saturated rings. The normalized spacial score (nSPS) is 18.5. The van der Waals surface area contributed by atoms with E-state index in [1.807, 2.05) is 44.3 Å². The molecule has 9 heteroatoms. The van der Waals surface area contributed by atoms with Crippen LogP contribution in [0.1, 0.15) is 17.2 Å². The van der Waals surface area contributed by atoms with Gasteiger partial charge in [-0.15, -0.1) is 0 Å². The molecule has 5 rings (SSSR count). The Kier molecular flexibility index (Phi) is 5.70. The molecule has 1 aliphatic rings. The van der Waals surface area contributed by atoms with Gasteiger partial charge in [-0.25, -0.2) is 9.78 Å². The summed E-state index contributed by atoms with van der Waals surface area (Å²) >= 11 is 6.18. The van der Waals surface area contributed by atoms with Gasteiger partial charge in [-0.1, -0.05) is 23.7 Å². The number of pyridine rings is 2. The number of hydrogen-bond donors (Lipinski definition) is 3. The summed E-state index contributed by atoms with van der Waals surface area (Å²) in [4.78, 5) is 23.6. The van der Waals surface area contributed by atoms with E-state index in [4.69, 9.17) is 11.6 Å². The van der Waals surface area contributed by atoms with Crippen molar-refractivity contribution in [3.05, 3.63) is 71.1 Å². The predicted octanol–water partition coefficient (Wildman–Crippen LogP) is 4.20. The second-order valence-electron chi connectivity index (χ2n) is 8.46. The van der Waals surface area contributed by atoms with Crippen LogP contribution in [0.2, 0.25) is 5.02 Å². The molecule has 1 aliphatic heterocycles. The summed E-state index contributed by atoms with van der Waals surface area (Å²) in [5.74, 6) is 0.612. The van der Waals surface area contributed by atoms with Gasteiger partial charge in [0.05, 0.1) is 11.6 Å². The van der Waals surface area contributed by atoms with Gasteiger partial charge >= 0.3 is 6.03 Å². The topological polar surface area (TPSA) is 98.8 Å². The van der Waals surface area contributed by atoms with Gasteiger partial charge in [0.15, 0.2) is 0 Å². The number of hydrogen-bond acceptors (Lipinski definition) is 5. The first-order chi connectivity index (χ1) is 16.0. The molecule has 3 N–H and O–H groups in total. The number of nitrogens with zero attached hydrogens (tertiary/aromatic N) is 4. The molecule has 0 aliphatic carbocycles. The second kappa shape index (κ2) is 8.80. The SMILES string of the molecule is Cc1cc(-c2n[nH]c3cc(NC(=O)N[C@@H]4CN(C)C[C@H]4c4cccc(Cl)c4)ncc23)ccn1. The molecule has 0 bridgehead atoms.